The van der Waals surface area contributed by atoms with Gasteiger partial charge >= 0.3 is 12.1 Å². The number of rotatable bonds is 6. The second kappa shape index (κ2) is 8.46. The molecule has 0 spiro atoms. The molecule has 0 radical (unpaired) electrons. The number of amides is 1. The lowest BCUT2D eigenvalue weighted by molar-refractivity contribution is 0.0115. The standard InChI is InChI=1S/C16H22BrNO6/c1-16(2,3)24-15(23)18-7-6-12(19)13(20)11-8-9(17)4-5-10(11)14(21)22/h4-5,8,12-13,19-20H,6-7H2,1-3H3,(H,18,23)(H,21,22). The summed E-state index contributed by atoms with van der Waals surface area (Å²) < 4.78 is 5.64. The number of halogens is 1. The normalized spacial score (nSPS) is 13.9. The molecule has 0 saturated carbocycles. The van der Waals surface area contributed by atoms with Crippen molar-refractivity contribution in [3.63, 3.8) is 0 Å². The highest BCUT2D eigenvalue weighted by atomic mass is 79.9. The molecule has 0 bridgehead atoms. The average molecular weight is 404 g/mol. The molecule has 0 aliphatic rings. The van der Waals surface area contributed by atoms with Crippen LogP contribution in [0, 0.1) is 0 Å². The molecule has 1 aromatic rings. The van der Waals surface area contributed by atoms with E-state index in [0.717, 1.165) is 0 Å². The monoisotopic (exact) mass is 403 g/mol. The molecule has 24 heavy (non-hydrogen) atoms. The van der Waals surface area contributed by atoms with Crippen LogP contribution in [0.5, 0.6) is 0 Å². The third kappa shape index (κ3) is 6.46. The number of carbonyl (C=O) groups excluding carboxylic acids is 1. The van der Waals surface area contributed by atoms with Gasteiger partial charge in [0.15, 0.2) is 0 Å². The molecule has 1 aromatic carbocycles. The highest BCUT2D eigenvalue weighted by molar-refractivity contribution is 9.10. The molecule has 4 N–H and O–H groups in total. The SMILES string of the molecule is CC(C)(C)OC(=O)NCCC(O)C(O)c1cc(Br)ccc1C(=O)O. The van der Waals surface area contributed by atoms with E-state index in [1.54, 1.807) is 20.8 Å². The number of nitrogens with one attached hydrogen (secondary N) is 1. The summed E-state index contributed by atoms with van der Waals surface area (Å²) in [4.78, 5) is 22.7. The highest BCUT2D eigenvalue weighted by Gasteiger charge is 2.24. The molecule has 7 nitrogen and oxygen atoms in total. The van der Waals surface area contributed by atoms with Crippen molar-refractivity contribution in [1.82, 2.24) is 5.32 Å². The van der Waals surface area contributed by atoms with Gasteiger partial charge in [-0.25, -0.2) is 9.59 Å². The van der Waals surface area contributed by atoms with Crippen LogP contribution in [0.1, 0.15) is 49.2 Å². The maximum Gasteiger partial charge on any atom is 0.407 e. The van der Waals surface area contributed by atoms with Crippen molar-refractivity contribution in [3.8, 4) is 0 Å². The topological polar surface area (TPSA) is 116 Å². The first-order chi connectivity index (χ1) is 11.0. The number of carbonyl (C=O) groups is 2. The molecular weight excluding hydrogens is 382 g/mol. The van der Waals surface area contributed by atoms with E-state index in [0.29, 0.717) is 4.47 Å². The van der Waals surface area contributed by atoms with Crippen molar-refractivity contribution in [3.05, 3.63) is 33.8 Å². The van der Waals surface area contributed by atoms with Crippen molar-refractivity contribution < 1.29 is 29.6 Å². The Morgan fingerprint density at radius 2 is 1.92 bits per heavy atom. The molecule has 0 aliphatic carbocycles. The van der Waals surface area contributed by atoms with Crippen LogP contribution in [0.2, 0.25) is 0 Å². The largest absolute Gasteiger partial charge is 0.478 e. The maximum atomic E-state index is 11.5. The third-order valence-electron chi connectivity index (χ3n) is 3.04. The van der Waals surface area contributed by atoms with Gasteiger partial charge in [-0.05, 0) is 51.0 Å². The number of aliphatic hydroxyl groups is 2. The Labute approximate surface area is 148 Å². The van der Waals surface area contributed by atoms with E-state index in [1.165, 1.54) is 18.2 Å². The number of carboxylic acids is 1. The molecule has 0 heterocycles. The Balaban J connectivity index is 2.66. The van der Waals surface area contributed by atoms with E-state index < -0.39 is 29.9 Å². The molecular formula is C16H22BrNO6. The van der Waals surface area contributed by atoms with E-state index in [1.807, 2.05) is 0 Å². The zero-order chi connectivity index (χ0) is 18.5. The van der Waals surface area contributed by atoms with Crippen LogP contribution in [0.4, 0.5) is 4.79 Å². The van der Waals surface area contributed by atoms with Gasteiger partial charge in [0.1, 0.15) is 11.7 Å². The Hall–Kier alpha value is -1.64. The summed E-state index contributed by atoms with van der Waals surface area (Å²) in [6.07, 6.45) is -3.23. The number of ether oxygens (including phenoxy) is 1. The zero-order valence-electron chi connectivity index (χ0n) is 13.7. The van der Waals surface area contributed by atoms with Crippen LogP contribution in [-0.4, -0.2) is 45.6 Å². The van der Waals surface area contributed by atoms with E-state index in [-0.39, 0.29) is 24.1 Å². The van der Waals surface area contributed by atoms with E-state index in [4.69, 9.17) is 9.84 Å². The minimum atomic E-state index is -1.39. The fourth-order valence-electron chi connectivity index (χ4n) is 1.97. The highest BCUT2D eigenvalue weighted by Crippen LogP contribution is 2.26. The molecule has 2 unspecified atom stereocenters. The second-order valence-corrected chi connectivity index (χ2v) is 7.18. The summed E-state index contributed by atoms with van der Waals surface area (Å²) in [5, 5.41) is 31.9. The van der Waals surface area contributed by atoms with E-state index >= 15 is 0 Å². The van der Waals surface area contributed by atoms with Crippen LogP contribution in [0.25, 0.3) is 0 Å². The summed E-state index contributed by atoms with van der Waals surface area (Å²) >= 11 is 3.20. The summed E-state index contributed by atoms with van der Waals surface area (Å²) in [5.74, 6) is -1.20. The molecule has 8 heteroatoms. The number of hydrogen-bond donors (Lipinski definition) is 4. The fourth-order valence-corrected chi connectivity index (χ4v) is 2.35. The Morgan fingerprint density at radius 3 is 2.46 bits per heavy atom. The van der Waals surface area contributed by atoms with Gasteiger partial charge in [0.05, 0.1) is 11.7 Å². The molecule has 0 fully saturated rings. The van der Waals surface area contributed by atoms with E-state index in [9.17, 15) is 19.8 Å². The van der Waals surface area contributed by atoms with Crippen molar-refractivity contribution in [1.29, 1.82) is 0 Å². The summed E-state index contributed by atoms with van der Waals surface area (Å²) in [7, 11) is 0. The summed E-state index contributed by atoms with van der Waals surface area (Å²) in [6, 6.07) is 4.32. The first kappa shape index (κ1) is 20.4. The number of aromatic carboxylic acids is 1. The maximum absolute atomic E-state index is 11.5. The number of benzene rings is 1. The Bertz CT molecular complexity index is 599. The van der Waals surface area contributed by atoms with Crippen molar-refractivity contribution in [2.45, 2.75) is 45.0 Å². The van der Waals surface area contributed by atoms with Crippen LogP contribution >= 0.6 is 15.9 Å². The van der Waals surface area contributed by atoms with Crippen LogP contribution in [-0.2, 0) is 4.74 Å². The van der Waals surface area contributed by atoms with Gasteiger partial charge in [-0.15, -0.1) is 0 Å². The lowest BCUT2D eigenvalue weighted by atomic mass is 9.97. The fraction of sp³-hybridized carbons (Fsp3) is 0.500. The predicted octanol–water partition coefficient (Wildman–Crippen LogP) is 2.46. The van der Waals surface area contributed by atoms with Gasteiger partial charge in [-0.2, -0.15) is 0 Å². The molecule has 1 rings (SSSR count). The van der Waals surface area contributed by atoms with Gasteiger partial charge in [-0.1, -0.05) is 15.9 Å². The second-order valence-electron chi connectivity index (χ2n) is 6.27. The lowest BCUT2D eigenvalue weighted by Gasteiger charge is -2.22. The number of carboxylic acid groups (broad SMARTS) is 1. The minimum absolute atomic E-state index is 0.0337. The third-order valence-corrected chi connectivity index (χ3v) is 3.53. The number of aliphatic hydroxyl groups excluding tert-OH is 2. The zero-order valence-corrected chi connectivity index (χ0v) is 15.3. The quantitative estimate of drug-likeness (QED) is 0.579. The summed E-state index contributed by atoms with van der Waals surface area (Å²) in [5.41, 5.74) is -0.624. The van der Waals surface area contributed by atoms with Crippen molar-refractivity contribution in [2.24, 2.45) is 0 Å². The lowest BCUT2D eigenvalue weighted by Crippen LogP contribution is -2.34. The molecule has 0 saturated heterocycles. The molecule has 1 amide bonds. The van der Waals surface area contributed by atoms with Gasteiger partial charge < -0.3 is 25.4 Å². The predicted molar refractivity (Wildman–Crippen MR) is 90.9 cm³/mol. The molecule has 0 aromatic heterocycles. The first-order valence-corrected chi connectivity index (χ1v) is 8.16. The average Bonchev–Trinajstić information content (AvgIpc) is 2.43. The number of hydrogen-bond acceptors (Lipinski definition) is 5. The van der Waals surface area contributed by atoms with Crippen LogP contribution in [0.15, 0.2) is 22.7 Å². The number of alkyl carbamates (subject to hydrolysis) is 1. The Morgan fingerprint density at radius 1 is 1.29 bits per heavy atom. The van der Waals surface area contributed by atoms with E-state index in [2.05, 4.69) is 21.2 Å². The molecule has 0 aliphatic heterocycles. The van der Waals surface area contributed by atoms with Crippen LogP contribution in [0.3, 0.4) is 0 Å². The van der Waals surface area contributed by atoms with Crippen LogP contribution < -0.4 is 5.32 Å². The van der Waals surface area contributed by atoms with Gasteiger partial charge in [0.2, 0.25) is 0 Å². The van der Waals surface area contributed by atoms with Crippen molar-refractivity contribution in [2.75, 3.05) is 6.54 Å². The van der Waals surface area contributed by atoms with Crippen molar-refractivity contribution >= 4 is 28.0 Å². The molecule has 134 valence electrons. The van der Waals surface area contributed by atoms with Gasteiger partial charge in [0.25, 0.3) is 0 Å². The van der Waals surface area contributed by atoms with Gasteiger partial charge in [0, 0.05) is 11.0 Å². The Kier molecular flexibility index (Phi) is 7.19. The minimum Gasteiger partial charge on any atom is -0.478 e. The smallest absolute Gasteiger partial charge is 0.407 e. The summed E-state index contributed by atoms with van der Waals surface area (Å²) in [6.45, 7) is 5.26. The van der Waals surface area contributed by atoms with Gasteiger partial charge in [-0.3, -0.25) is 0 Å². The first-order valence-electron chi connectivity index (χ1n) is 7.37. The molecule has 2 atom stereocenters.